The summed E-state index contributed by atoms with van der Waals surface area (Å²) >= 11 is 8.00. The summed E-state index contributed by atoms with van der Waals surface area (Å²) in [5.41, 5.74) is 6.88. The van der Waals surface area contributed by atoms with Crippen LogP contribution in [0.2, 0.25) is 0 Å². The van der Waals surface area contributed by atoms with E-state index in [2.05, 4.69) is 28.5 Å². The minimum Gasteiger partial charge on any atom is -0.395 e. The van der Waals surface area contributed by atoms with E-state index < -0.39 is 0 Å². The number of anilines is 1. The Morgan fingerprint density at radius 1 is 1.14 bits per heavy atom. The van der Waals surface area contributed by atoms with Gasteiger partial charge in [-0.15, -0.1) is 11.3 Å². The second-order valence-electron chi connectivity index (χ2n) is 9.64. The molecule has 5 heterocycles. The van der Waals surface area contributed by atoms with E-state index in [1.165, 1.54) is 21.7 Å². The zero-order valence-electron chi connectivity index (χ0n) is 19.3. The van der Waals surface area contributed by atoms with Crippen LogP contribution in [0.15, 0.2) is 30.5 Å². The minimum atomic E-state index is -0.0994. The predicted octanol–water partition coefficient (Wildman–Crippen LogP) is 4.27. The first-order valence-electron chi connectivity index (χ1n) is 12.2. The summed E-state index contributed by atoms with van der Waals surface area (Å²) in [5.74, 6) is 0.0643. The Morgan fingerprint density at radius 2 is 1.97 bits per heavy atom. The maximum absolute atomic E-state index is 12.1. The number of imide groups is 1. The molecule has 0 saturated carbocycles. The second-order valence-corrected chi connectivity index (χ2v) is 11.2. The molecule has 182 valence electrons. The lowest BCUT2D eigenvalue weighted by Crippen LogP contribution is -2.27. The largest absolute Gasteiger partial charge is 0.395 e. The van der Waals surface area contributed by atoms with E-state index in [9.17, 15) is 14.7 Å². The van der Waals surface area contributed by atoms with Crippen LogP contribution < -0.4 is 5.32 Å². The van der Waals surface area contributed by atoms with Crippen molar-refractivity contribution in [2.45, 2.75) is 50.6 Å². The molecule has 3 aliphatic rings. The highest BCUT2D eigenvalue weighted by atomic mass is 35.5. The lowest BCUT2D eigenvalue weighted by atomic mass is 9.87. The quantitative estimate of drug-likeness (QED) is 0.394. The summed E-state index contributed by atoms with van der Waals surface area (Å²) in [6.45, 7) is 2.02. The number of amides is 2. The van der Waals surface area contributed by atoms with Gasteiger partial charge in [0, 0.05) is 59.9 Å². The molecule has 0 spiro atoms. The van der Waals surface area contributed by atoms with Crippen LogP contribution in [0.5, 0.6) is 0 Å². The van der Waals surface area contributed by atoms with Crippen molar-refractivity contribution in [1.82, 2.24) is 14.3 Å². The summed E-state index contributed by atoms with van der Waals surface area (Å²) in [6.07, 6.45) is 5.38. The Labute approximate surface area is 212 Å². The number of nitrogens with zero attached hydrogens (tertiary/aromatic N) is 3. The summed E-state index contributed by atoms with van der Waals surface area (Å²) in [6, 6.07) is 8.61. The smallest absolute Gasteiger partial charge is 0.230 e. The number of thiophene rings is 1. The number of aliphatic hydroxyl groups is 1. The minimum absolute atomic E-state index is 0.0252. The average molecular weight is 511 g/mol. The molecule has 35 heavy (non-hydrogen) atoms. The molecular weight excluding hydrogens is 484 g/mol. The summed E-state index contributed by atoms with van der Waals surface area (Å²) in [4.78, 5) is 31.2. The van der Waals surface area contributed by atoms with Gasteiger partial charge in [0.2, 0.25) is 11.8 Å². The predicted molar refractivity (Wildman–Crippen MR) is 137 cm³/mol. The average Bonchev–Trinajstić information content (AvgIpc) is 3.55. The molecule has 3 aromatic rings. The molecule has 0 unspecified atom stereocenters. The van der Waals surface area contributed by atoms with E-state index in [1.807, 2.05) is 12.3 Å². The van der Waals surface area contributed by atoms with Crippen molar-refractivity contribution >= 4 is 50.8 Å². The first-order chi connectivity index (χ1) is 17.0. The number of pyridine rings is 1. The first kappa shape index (κ1) is 22.9. The third-order valence-corrected chi connectivity index (χ3v) is 8.98. The number of nitrogens with one attached hydrogen (secondary N) is 1. The van der Waals surface area contributed by atoms with Crippen LogP contribution >= 0.6 is 23.1 Å². The highest BCUT2D eigenvalue weighted by Crippen LogP contribution is 2.43. The van der Waals surface area contributed by atoms with Crippen LogP contribution in [-0.4, -0.2) is 57.0 Å². The molecule has 2 aromatic heterocycles. The molecule has 2 saturated heterocycles. The Kier molecular flexibility index (Phi) is 6.00. The molecule has 2 atom stereocenters. The van der Waals surface area contributed by atoms with Crippen molar-refractivity contribution in [2.24, 2.45) is 0 Å². The van der Waals surface area contributed by atoms with E-state index in [-0.39, 0.29) is 30.4 Å². The van der Waals surface area contributed by atoms with Gasteiger partial charge >= 0.3 is 0 Å². The van der Waals surface area contributed by atoms with Gasteiger partial charge in [0.05, 0.1) is 23.4 Å². The molecular formula is C26H27ClN4O3S. The normalized spacial score (nSPS) is 22.7. The fourth-order valence-corrected chi connectivity index (χ4v) is 7.03. The van der Waals surface area contributed by atoms with Crippen molar-refractivity contribution in [3.63, 3.8) is 0 Å². The molecule has 1 aromatic carbocycles. The third-order valence-electron chi connectivity index (χ3n) is 7.42. The van der Waals surface area contributed by atoms with Gasteiger partial charge in [-0.05, 0) is 66.3 Å². The van der Waals surface area contributed by atoms with Gasteiger partial charge in [0.1, 0.15) is 0 Å². The highest BCUT2D eigenvalue weighted by Gasteiger charge is 2.33. The molecule has 3 aliphatic heterocycles. The van der Waals surface area contributed by atoms with Crippen molar-refractivity contribution in [1.29, 1.82) is 0 Å². The fraction of sp³-hybridized carbons (Fsp3) is 0.423. The molecule has 2 N–H and O–H groups in total. The maximum Gasteiger partial charge on any atom is 0.230 e. The number of carbonyl (C=O) groups excluding carboxylic acids is 2. The first-order valence-corrected chi connectivity index (χ1v) is 13.3. The van der Waals surface area contributed by atoms with E-state index in [0.29, 0.717) is 25.9 Å². The zero-order chi connectivity index (χ0) is 24.1. The fourth-order valence-electron chi connectivity index (χ4n) is 5.59. The Morgan fingerprint density at radius 3 is 2.74 bits per heavy atom. The summed E-state index contributed by atoms with van der Waals surface area (Å²) in [5, 5.41) is 13.3. The molecule has 9 heteroatoms. The van der Waals surface area contributed by atoms with E-state index in [1.54, 1.807) is 15.8 Å². The number of aromatic nitrogens is 1. The van der Waals surface area contributed by atoms with Gasteiger partial charge in [-0.25, -0.2) is 4.42 Å². The standard InChI is InChI=1S/C26H27ClN4O3S/c27-31-12-17(9-18(31)14-32)16-8-15-2-1-6-29-25(15)21(10-16)20-5-7-28-22-11-19(35-26(20)22)13-30-23(33)3-4-24(30)34/h5,7-8,10-11,17-18,29,32H,1-4,6,9,12-14H2/t17-,18-/m1/s1. The zero-order valence-corrected chi connectivity index (χ0v) is 20.9. The summed E-state index contributed by atoms with van der Waals surface area (Å²) < 4.78 is 2.80. The third kappa shape index (κ3) is 4.12. The topological polar surface area (TPSA) is 85.8 Å². The second kappa shape index (κ2) is 9.17. The van der Waals surface area contributed by atoms with Crippen LogP contribution in [0.1, 0.15) is 47.6 Å². The van der Waals surface area contributed by atoms with E-state index >= 15 is 0 Å². The number of fused-ring (bicyclic) bond motifs is 2. The summed E-state index contributed by atoms with van der Waals surface area (Å²) in [7, 11) is 0. The monoisotopic (exact) mass is 510 g/mol. The van der Waals surface area contributed by atoms with Crippen LogP contribution in [0.4, 0.5) is 5.69 Å². The molecule has 0 bridgehead atoms. The number of hydrogen-bond acceptors (Lipinski definition) is 7. The lowest BCUT2D eigenvalue weighted by molar-refractivity contribution is -0.138. The number of aryl methyl sites for hydroxylation is 1. The van der Waals surface area contributed by atoms with Crippen molar-refractivity contribution in [2.75, 3.05) is 25.0 Å². The van der Waals surface area contributed by atoms with Crippen molar-refractivity contribution in [3.05, 3.63) is 46.5 Å². The van der Waals surface area contributed by atoms with Crippen molar-refractivity contribution in [3.8, 4) is 11.1 Å². The van der Waals surface area contributed by atoms with E-state index in [0.717, 1.165) is 52.0 Å². The number of likely N-dealkylation sites (tertiary alicyclic amines) is 1. The van der Waals surface area contributed by atoms with Gasteiger partial charge in [-0.3, -0.25) is 19.5 Å². The molecule has 2 fully saturated rings. The Hall–Kier alpha value is -2.52. The van der Waals surface area contributed by atoms with Gasteiger partial charge < -0.3 is 10.4 Å². The molecule has 6 rings (SSSR count). The number of aliphatic hydroxyl groups excluding tert-OH is 1. The van der Waals surface area contributed by atoms with Gasteiger partial charge in [0.25, 0.3) is 0 Å². The molecule has 7 nitrogen and oxygen atoms in total. The van der Waals surface area contributed by atoms with Crippen LogP contribution in [0, 0.1) is 0 Å². The lowest BCUT2D eigenvalue weighted by Gasteiger charge is -2.24. The van der Waals surface area contributed by atoms with Crippen molar-refractivity contribution < 1.29 is 14.7 Å². The number of hydrogen-bond donors (Lipinski definition) is 2. The molecule has 0 radical (unpaired) electrons. The van der Waals surface area contributed by atoms with Crippen LogP contribution in [-0.2, 0) is 22.6 Å². The highest BCUT2D eigenvalue weighted by molar-refractivity contribution is 7.19. The molecule has 2 amide bonds. The Balaban J connectivity index is 1.42. The van der Waals surface area contributed by atoms with Gasteiger partial charge in [0.15, 0.2) is 0 Å². The number of benzene rings is 1. The maximum atomic E-state index is 12.1. The number of halogens is 1. The van der Waals surface area contributed by atoms with Crippen LogP contribution in [0.25, 0.3) is 21.3 Å². The SMILES string of the molecule is O=C1CCC(=O)N1Cc1cc2nccc(-c3cc([C@@H]4C[C@H](CO)N(Cl)C4)cc4c3NCCC4)c2s1. The number of rotatable bonds is 5. The van der Waals surface area contributed by atoms with Crippen LogP contribution in [0.3, 0.4) is 0 Å². The number of carbonyl (C=O) groups is 2. The Bertz CT molecular complexity index is 1310. The molecule has 0 aliphatic carbocycles. The van der Waals surface area contributed by atoms with Gasteiger partial charge in [-0.2, -0.15) is 0 Å². The van der Waals surface area contributed by atoms with E-state index in [4.69, 9.17) is 11.8 Å². The van der Waals surface area contributed by atoms with Gasteiger partial charge in [-0.1, -0.05) is 6.07 Å².